The van der Waals surface area contributed by atoms with Crippen LogP contribution in [0.4, 0.5) is 4.39 Å². The number of nitrogens with zero attached hydrogens (tertiary/aromatic N) is 1. The van der Waals surface area contributed by atoms with Gasteiger partial charge in [0.15, 0.2) is 0 Å². The minimum Gasteiger partial charge on any atom is -0.350 e. The van der Waals surface area contributed by atoms with E-state index in [0.717, 1.165) is 19.4 Å². The zero-order valence-corrected chi connectivity index (χ0v) is 12.8. The second-order valence-corrected chi connectivity index (χ2v) is 5.14. The number of carbonyl (C=O) groups excluding carboxylic acids is 1. The van der Waals surface area contributed by atoms with E-state index in [1.54, 1.807) is 18.2 Å². The van der Waals surface area contributed by atoms with Crippen molar-refractivity contribution in [3.05, 3.63) is 41.8 Å². The zero-order valence-electron chi connectivity index (χ0n) is 11.9. The van der Waals surface area contributed by atoms with Gasteiger partial charge in [0.25, 0.3) is 5.91 Å². The first-order valence-electron chi connectivity index (χ1n) is 7.05. The molecule has 22 heavy (non-hydrogen) atoms. The molecule has 0 spiro atoms. The summed E-state index contributed by atoms with van der Waals surface area (Å²) in [4.78, 5) is 12.2. The molecule has 1 aromatic heterocycles. The molecule has 1 saturated heterocycles. The van der Waals surface area contributed by atoms with Gasteiger partial charge in [-0.2, -0.15) is 5.10 Å². The van der Waals surface area contributed by atoms with Crippen molar-refractivity contribution in [1.29, 1.82) is 0 Å². The Balaban J connectivity index is 0.00000176. The molecule has 1 atom stereocenters. The van der Waals surface area contributed by atoms with E-state index in [2.05, 4.69) is 20.8 Å². The molecule has 1 aromatic carbocycles. The lowest BCUT2D eigenvalue weighted by Gasteiger charge is -2.11. The monoisotopic (exact) mass is 324 g/mol. The van der Waals surface area contributed by atoms with Crippen LogP contribution in [0.2, 0.25) is 0 Å². The van der Waals surface area contributed by atoms with Gasteiger partial charge in [-0.1, -0.05) is 12.1 Å². The fourth-order valence-corrected chi connectivity index (χ4v) is 2.57. The van der Waals surface area contributed by atoms with Crippen molar-refractivity contribution in [2.75, 3.05) is 13.1 Å². The average Bonchev–Trinajstić information content (AvgIpc) is 3.16. The van der Waals surface area contributed by atoms with Crippen LogP contribution in [0.25, 0.3) is 11.3 Å². The van der Waals surface area contributed by atoms with Crippen LogP contribution in [0.3, 0.4) is 0 Å². The molecular weight excluding hydrogens is 307 g/mol. The summed E-state index contributed by atoms with van der Waals surface area (Å²) in [6.07, 6.45) is 3.62. The van der Waals surface area contributed by atoms with Crippen LogP contribution in [0.15, 0.2) is 30.5 Å². The lowest BCUT2D eigenvalue weighted by atomic mass is 10.1. The minimum absolute atomic E-state index is 0. The van der Waals surface area contributed by atoms with Crippen molar-refractivity contribution < 1.29 is 9.18 Å². The maximum Gasteiger partial charge on any atom is 0.255 e. The van der Waals surface area contributed by atoms with E-state index in [9.17, 15) is 9.18 Å². The fourth-order valence-electron chi connectivity index (χ4n) is 2.57. The van der Waals surface area contributed by atoms with Crippen LogP contribution < -0.4 is 10.6 Å². The van der Waals surface area contributed by atoms with E-state index >= 15 is 0 Å². The van der Waals surface area contributed by atoms with Gasteiger partial charge in [-0.25, -0.2) is 4.39 Å². The molecule has 7 heteroatoms. The summed E-state index contributed by atoms with van der Waals surface area (Å²) in [5, 5.41) is 12.8. The zero-order chi connectivity index (χ0) is 14.7. The number of aromatic nitrogens is 2. The van der Waals surface area contributed by atoms with Crippen molar-refractivity contribution in [3.8, 4) is 11.3 Å². The lowest BCUT2D eigenvalue weighted by Crippen LogP contribution is -2.37. The van der Waals surface area contributed by atoms with Crippen LogP contribution >= 0.6 is 12.4 Å². The van der Waals surface area contributed by atoms with Gasteiger partial charge in [0.05, 0.1) is 17.5 Å². The standard InChI is InChI=1S/C15H17FN4O.ClH/c16-13-6-2-1-5-11(13)14-12(9-19-20-14)15(21)18-8-10-4-3-7-17-10;/h1-2,5-6,9-10,17H,3-4,7-8H2,(H,18,21)(H,19,20);1H. The Morgan fingerprint density at radius 3 is 2.95 bits per heavy atom. The Hall–Kier alpha value is -1.92. The van der Waals surface area contributed by atoms with E-state index in [-0.39, 0.29) is 24.1 Å². The van der Waals surface area contributed by atoms with Crippen LogP contribution in [0.1, 0.15) is 23.2 Å². The Morgan fingerprint density at radius 2 is 2.23 bits per heavy atom. The minimum atomic E-state index is -0.381. The van der Waals surface area contributed by atoms with Crippen LogP contribution in [0, 0.1) is 5.82 Å². The molecular formula is C15H18ClFN4O. The number of H-pyrrole nitrogens is 1. The van der Waals surface area contributed by atoms with Crippen LogP contribution in [0.5, 0.6) is 0 Å². The van der Waals surface area contributed by atoms with Gasteiger partial charge in [0, 0.05) is 18.2 Å². The first-order chi connectivity index (χ1) is 10.3. The number of hydrogen-bond donors (Lipinski definition) is 3. The highest BCUT2D eigenvalue weighted by Gasteiger charge is 2.19. The second kappa shape index (κ2) is 7.38. The molecule has 0 radical (unpaired) electrons. The molecule has 3 N–H and O–H groups in total. The van der Waals surface area contributed by atoms with Crippen molar-refractivity contribution in [2.45, 2.75) is 18.9 Å². The maximum atomic E-state index is 13.8. The number of nitrogens with one attached hydrogen (secondary N) is 3. The van der Waals surface area contributed by atoms with Gasteiger partial charge in [-0.15, -0.1) is 12.4 Å². The quantitative estimate of drug-likeness (QED) is 0.807. The largest absolute Gasteiger partial charge is 0.350 e. The number of rotatable bonds is 4. The SMILES string of the molecule is Cl.O=C(NCC1CCCN1)c1cn[nH]c1-c1ccccc1F. The van der Waals surface area contributed by atoms with E-state index < -0.39 is 0 Å². The summed E-state index contributed by atoms with van der Waals surface area (Å²) in [5.41, 5.74) is 1.11. The molecule has 2 heterocycles. The summed E-state index contributed by atoms with van der Waals surface area (Å²) in [5.74, 6) is -0.621. The lowest BCUT2D eigenvalue weighted by molar-refractivity contribution is 0.0951. The third kappa shape index (κ3) is 3.45. The number of aromatic amines is 1. The summed E-state index contributed by atoms with van der Waals surface area (Å²) in [6, 6.07) is 6.64. The Labute approximate surface area is 134 Å². The Kier molecular flexibility index (Phi) is 5.51. The number of carbonyl (C=O) groups is 1. The van der Waals surface area contributed by atoms with Gasteiger partial charge in [0.1, 0.15) is 5.82 Å². The Bertz CT molecular complexity index is 640. The molecule has 1 fully saturated rings. The molecule has 2 aromatic rings. The summed E-state index contributed by atoms with van der Waals surface area (Å²) < 4.78 is 13.8. The number of benzene rings is 1. The average molecular weight is 325 g/mol. The summed E-state index contributed by atoms with van der Waals surface area (Å²) in [7, 11) is 0. The van der Waals surface area contributed by atoms with Gasteiger partial charge < -0.3 is 10.6 Å². The van der Waals surface area contributed by atoms with Crippen molar-refractivity contribution in [1.82, 2.24) is 20.8 Å². The number of amides is 1. The van der Waals surface area contributed by atoms with E-state index in [4.69, 9.17) is 0 Å². The van der Waals surface area contributed by atoms with Crippen LogP contribution in [-0.2, 0) is 0 Å². The molecule has 0 saturated carbocycles. The van der Waals surface area contributed by atoms with Gasteiger partial charge in [-0.05, 0) is 31.5 Å². The normalized spacial score (nSPS) is 17.0. The van der Waals surface area contributed by atoms with Crippen molar-refractivity contribution in [3.63, 3.8) is 0 Å². The molecule has 3 rings (SSSR count). The molecule has 1 amide bonds. The highest BCUT2D eigenvalue weighted by molar-refractivity contribution is 5.99. The number of halogens is 2. The maximum absolute atomic E-state index is 13.8. The second-order valence-electron chi connectivity index (χ2n) is 5.14. The fraction of sp³-hybridized carbons (Fsp3) is 0.333. The highest BCUT2D eigenvalue weighted by Crippen LogP contribution is 2.23. The van der Waals surface area contributed by atoms with E-state index in [1.165, 1.54) is 12.3 Å². The number of hydrogen-bond acceptors (Lipinski definition) is 3. The predicted molar refractivity (Wildman–Crippen MR) is 84.6 cm³/mol. The first kappa shape index (κ1) is 16.5. The van der Waals surface area contributed by atoms with Crippen molar-refractivity contribution >= 4 is 18.3 Å². The van der Waals surface area contributed by atoms with Gasteiger partial charge in [0.2, 0.25) is 0 Å². The third-order valence-electron chi connectivity index (χ3n) is 3.70. The molecule has 118 valence electrons. The van der Waals surface area contributed by atoms with Gasteiger partial charge >= 0.3 is 0 Å². The summed E-state index contributed by atoms with van der Waals surface area (Å²) >= 11 is 0. The van der Waals surface area contributed by atoms with E-state index in [0.29, 0.717) is 29.4 Å². The summed E-state index contributed by atoms with van der Waals surface area (Å²) in [6.45, 7) is 1.56. The molecule has 0 bridgehead atoms. The van der Waals surface area contributed by atoms with E-state index in [1.807, 2.05) is 0 Å². The molecule has 5 nitrogen and oxygen atoms in total. The third-order valence-corrected chi connectivity index (χ3v) is 3.70. The highest BCUT2D eigenvalue weighted by atomic mass is 35.5. The molecule has 0 aliphatic carbocycles. The van der Waals surface area contributed by atoms with Crippen molar-refractivity contribution in [2.24, 2.45) is 0 Å². The molecule has 1 aliphatic heterocycles. The molecule has 1 unspecified atom stereocenters. The predicted octanol–water partition coefficient (Wildman–Crippen LogP) is 2.12. The molecule has 1 aliphatic rings. The smallest absolute Gasteiger partial charge is 0.255 e. The first-order valence-corrected chi connectivity index (χ1v) is 7.05. The topological polar surface area (TPSA) is 69.8 Å². The Morgan fingerprint density at radius 1 is 1.41 bits per heavy atom. The van der Waals surface area contributed by atoms with Gasteiger partial charge in [-0.3, -0.25) is 9.89 Å². The van der Waals surface area contributed by atoms with Crippen LogP contribution in [-0.4, -0.2) is 35.2 Å².